The Morgan fingerprint density at radius 2 is 2.00 bits per heavy atom. The average Bonchev–Trinajstić information content (AvgIpc) is 3.19. The molecule has 1 N–H and O–H groups in total. The van der Waals surface area contributed by atoms with E-state index in [1.165, 1.54) is 18.4 Å². The van der Waals surface area contributed by atoms with Crippen LogP contribution in [0.5, 0.6) is 11.5 Å². The number of nitrogens with one attached hydrogen (secondary N) is 1. The van der Waals surface area contributed by atoms with Crippen molar-refractivity contribution in [2.24, 2.45) is 5.92 Å². The zero-order chi connectivity index (χ0) is 13.7. The third-order valence-electron chi connectivity index (χ3n) is 3.05. The minimum atomic E-state index is 0.519. The highest BCUT2D eigenvalue weighted by Gasteiger charge is 2.20. The molecule has 1 saturated carbocycles. The second kappa shape index (κ2) is 6.80. The van der Waals surface area contributed by atoms with Crippen LogP contribution in [0, 0.1) is 5.92 Å². The van der Waals surface area contributed by atoms with Gasteiger partial charge < -0.3 is 14.8 Å². The first-order chi connectivity index (χ1) is 9.19. The summed E-state index contributed by atoms with van der Waals surface area (Å²) in [7, 11) is 0. The summed E-state index contributed by atoms with van der Waals surface area (Å²) in [4.78, 5) is 0. The number of ether oxygens (including phenoxy) is 2. The van der Waals surface area contributed by atoms with Crippen molar-refractivity contribution in [1.29, 1.82) is 0 Å². The fraction of sp³-hybridized carbons (Fsp3) is 0.625. The van der Waals surface area contributed by atoms with E-state index in [9.17, 15) is 0 Å². The minimum absolute atomic E-state index is 0.519. The Balaban J connectivity index is 1.99. The van der Waals surface area contributed by atoms with Gasteiger partial charge in [-0.1, -0.05) is 19.9 Å². The van der Waals surface area contributed by atoms with Gasteiger partial charge in [0.2, 0.25) is 0 Å². The lowest BCUT2D eigenvalue weighted by molar-refractivity contribution is 0.248. The van der Waals surface area contributed by atoms with E-state index in [1.54, 1.807) is 0 Å². The molecule has 1 aromatic rings. The van der Waals surface area contributed by atoms with Crippen LogP contribution >= 0.6 is 0 Å². The zero-order valence-corrected chi connectivity index (χ0v) is 12.2. The molecule has 0 radical (unpaired) electrons. The predicted molar refractivity (Wildman–Crippen MR) is 77.8 cm³/mol. The van der Waals surface area contributed by atoms with E-state index in [4.69, 9.17) is 9.47 Å². The van der Waals surface area contributed by atoms with Crippen molar-refractivity contribution in [2.45, 2.75) is 46.2 Å². The first-order valence-corrected chi connectivity index (χ1v) is 7.31. The Morgan fingerprint density at radius 3 is 2.63 bits per heavy atom. The summed E-state index contributed by atoms with van der Waals surface area (Å²) in [5.41, 5.74) is 1.26. The van der Waals surface area contributed by atoms with Crippen LogP contribution in [0.4, 0.5) is 0 Å². The van der Waals surface area contributed by atoms with Gasteiger partial charge in [0.15, 0.2) is 11.5 Å². The Labute approximate surface area is 116 Å². The van der Waals surface area contributed by atoms with Crippen molar-refractivity contribution in [3.05, 3.63) is 23.8 Å². The van der Waals surface area contributed by atoms with Crippen molar-refractivity contribution in [2.75, 3.05) is 13.2 Å². The van der Waals surface area contributed by atoms with Crippen molar-refractivity contribution < 1.29 is 9.47 Å². The topological polar surface area (TPSA) is 30.5 Å². The summed E-state index contributed by atoms with van der Waals surface area (Å²) >= 11 is 0. The fourth-order valence-electron chi connectivity index (χ4n) is 1.86. The van der Waals surface area contributed by atoms with E-state index >= 15 is 0 Å². The summed E-state index contributed by atoms with van der Waals surface area (Å²) in [5.74, 6) is 2.23. The zero-order valence-electron chi connectivity index (χ0n) is 12.2. The molecule has 0 unspecified atom stereocenters. The molecule has 0 amide bonds. The molecule has 1 aromatic carbocycles. The molecule has 19 heavy (non-hydrogen) atoms. The number of benzene rings is 1. The highest BCUT2D eigenvalue weighted by atomic mass is 16.5. The van der Waals surface area contributed by atoms with Crippen LogP contribution in [-0.4, -0.2) is 19.3 Å². The lowest BCUT2D eigenvalue weighted by Gasteiger charge is -2.15. The Bertz CT molecular complexity index is 400. The van der Waals surface area contributed by atoms with Crippen LogP contribution in [0.3, 0.4) is 0 Å². The van der Waals surface area contributed by atoms with Crippen LogP contribution in [0.2, 0.25) is 0 Å². The molecule has 0 atom stereocenters. The number of hydrogen-bond acceptors (Lipinski definition) is 3. The van der Waals surface area contributed by atoms with E-state index < -0.39 is 0 Å². The molecular formula is C16H25NO2. The number of hydrogen-bond donors (Lipinski definition) is 1. The molecule has 3 nitrogen and oxygen atoms in total. The molecule has 0 bridgehead atoms. The Morgan fingerprint density at radius 1 is 1.21 bits per heavy atom. The normalized spacial score (nSPS) is 14.7. The molecular weight excluding hydrogens is 238 g/mol. The summed E-state index contributed by atoms with van der Waals surface area (Å²) in [6, 6.07) is 6.96. The van der Waals surface area contributed by atoms with Crippen LogP contribution in [0.15, 0.2) is 18.2 Å². The van der Waals surface area contributed by atoms with Gasteiger partial charge in [0.1, 0.15) is 0 Å². The van der Waals surface area contributed by atoms with Crippen molar-refractivity contribution in [1.82, 2.24) is 5.32 Å². The fourth-order valence-corrected chi connectivity index (χ4v) is 1.86. The van der Waals surface area contributed by atoms with Crippen LogP contribution < -0.4 is 14.8 Å². The molecule has 0 heterocycles. The van der Waals surface area contributed by atoms with Gasteiger partial charge in [-0.05, 0) is 43.4 Å². The van der Waals surface area contributed by atoms with Gasteiger partial charge in [0.05, 0.1) is 13.2 Å². The van der Waals surface area contributed by atoms with Gasteiger partial charge in [-0.3, -0.25) is 0 Å². The van der Waals surface area contributed by atoms with Gasteiger partial charge in [-0.2, -0.15) is 0 Å². The SMILES string of the molecule is CCOc1cc(CNC2CC2)ccc1OCC(C)C. The van der Waals surface area contributed by atoms with Gasteiger partial charge in [0, 0.05) is 12.6 Å². The molecule has 0 saturated heterocycles. The van der Waals surface area contributed by atoms with E-state index in [1.807, 2.05) is 13.0 Å². The van der Waals surface area contributed by atoms with Gasteiger partial charge in [-0.15, -0.1) is 0 Å². The molecule has 2 rings (SSSR count). The first-order valence-electron chi connectivity index (χ1n) is 7.31. The Kier molecular flexibility index (Phi) is 5.08. The summed E-state index contributed by atoms with van der Waals surface area (Å²) in [6.07, 6.45) is 2.63. The molecule has 1 fully saturated rings. The molecule has 3 heteroatoms. The third-order valence-corrected chi connectivity index (χ3v) is 3.05. The predicted octanol–water partition coefficient (Wildman–Crippen LogP) is 3.37. The molecule has 0 aromatic heterocycles. The molecule has 0 spiro atoms. The standard InChI is InChI=1S/C16H25NO2/c1-4-18-16-9-13(10-17-14-6-7-14)5-8-15(16)19-11-12(2)3/h5,8-9,12,14,17H,4,6-7,10-11H2,1-3H3. The van der Waals surface area contributed by atoms with E-state index in [2.05, 4.69) is 31.3 Å². The van der Waals surface area contributed by atoms with Crippen LogP contribution in [-0.2, 0) is 6.54 Å². The maximum Gasteiger partial charge on any atom is 0.161 e. The summed E-state index contributed by atoms with van der Waals surface area (Å²) in [5, 5.41) is 3.52. The summed E-state index contributed by atoms with van der Waals surface area (Å²) in [6.45, 7) is 8.59. The molecule has 1 aliphatic carbocycles. The van der Waals surface area contributed by atoms with Crippen molar-refractivity contribution in [3.63, 3.8) is 0 Å². The lowest BCUT2D eigenvalue weighted by Crippen LogP contribution is -2.15. The van der Waals surface area contributed by atoms with Crippen LogP contribution in [0.25, 0.3) is 0 Å². The second-order valence-electron chi connectivity index (χ2n) is 5.57. The minimum Gasteiger partial charge on any atom is -0.490 e. The molecule has 1 aliphatic rings. The van der Waals surface area contributed by atoms with Crippen LogP contribution in [0.1, 0.15) is 39.2 Å². The smallest absolute Gasteiger partial charge is 0.161 e. The maximum absolute atomic E-state index is 5.80. The van der Waals surface area contributed by atoms with Gasteiger partial charge in [0.25, 0.3) is 0 Å². The largest absolute Gasteiger partial charge is 0.490 e. The van der Waals surface area contributed by atoms with Crippen molar-refractivity contribution >= 4 is 0 Å². The highest BCUT2D eigenvalue weighted by Crippen LogP contribution is 2.29. The second-order valence-corrected chi connectivity index (χ2v) is 5.57. The van der Waals surface area contributed by atoms with Gasteiger partial charge >= 0.3 is 0 Å². The quantitative estimate of drug-likeness (QED) is 0.780. The lowest BCUT2D eigenvalue weighted by atomic mass is 10.2. The monoisotopic (exact) mass is 263 g/mol. The molecule has 0 aliphatic heterocycles. The average molecular weight is 263 g/mol. The number of rotatable bonds is 8. The van der Waals surface area contributed by atoms with E-state index in [0.717, 1.165) is 30.7 Å². The van der Waals surface area contributed by atoms with E-state index in [-0.39, 0.29) is 0 Å². The Hall–Kier alpha value is -1.22. The maximum atomic E-state index is 5.80. The first kappa shape index (κ1) is 14.2. The van der Waals surface area contributed by atoms with E-state index in [0.29, 0.717) is 12.5 Å². The van der Waals surface area contributed by atoms with Gasteiger partial charge in [-0.25, -0.2) is 0 Å². The van der Waals surface area contributed by atoms with Crippen molar-refractivity contribution in [3.8, 4) is 11.5 Å². The third kappa shape index (κ3) is 4.75. The molecule has 106 valence electrons. The summed E-state index contributed by atoms with van der Waals surface area (Å²) < 4.78 is 11.5. The highest BCUT2D eigenvalue weighted by molar-refractivity contribution is 5.43.